The molecule has 1 rings (SSSR count). The lowest BCUT2D eigenvalue weighted by molar-refractivity contribution is -0.134. The first-order valence-corrected chi connectivity index (χ1v) is 6.67. The molecule has 0 aromatic carbocycles. The van der Waals surface area contributed by atoms with Crippen LogP contribution in [0.5, 0.6) is 0 Å². The summed E-state index contributed by atoms with van der Waals surface area (Å²) in [6, 6.07) is 0. The second-order valence-corrected chi connectivity index (χ2v) is 6.69. The Kier molecular flexibility index (Phi) is 3.61. The van der Waals surface area contributed by atoms with Crippen LogP contribution in [0.15, 0.2) is 0 Å². The summed E-state index contributed by atoms with van der Waals surface area (Å²) in [6.07, 6.45) is 0. The summed E-state index contributed by atoms with van der Waals surface area (Å²) in [4.78, 5) is 12.5. The van der Waals surface area contributed by atoms with E-state index in [0.29, 0.717) is 19.6 Å². The van der Waals surface area contributed by atoms with Crippen molar-refractivity contribution in [3.8, 4) is 0 Å². The van der Waals surface area contributed by atoms with Gasteiger partial charge in [-0.1, -0.05) is 0 Å². The number of carboxylic acid groups (broad SMARTS) is 1. The first kappa shape index (κ1) is 13.4. The molecule has 0 atom stereocenters. The largest absolute Gasteiger partial charge is 0.480 e. The van der Waals surface area contributed by atoms with Crippen LogP contribution in [0.4, 0.5) is 0 Å². The Bertz CT molecular complexity index is 377. The topological polar surface area (TPSA) is 77.9 Å². The molecule has 94 valence electrons. The van der Waals surface area contributed by atoms with E-state index in [1.165, 1.54) is 4.31 Å². The highest BCUT2D eigenvalue weighted by molar-refractivity contribution is 7.89. The summed E-state index contributed by atoms with van der Waals surface area (Å²) in [5.41, 5.74) is -0.260. The monoisotopic (exact) mass is 250 g/mol. The molecule has 1 heterocycles. The summed E-state index contributed by atoms with van der Waals surface area (Å²) in [6.45, 7) is 5.19. The molecule has 6 nitrogen and oxygen atoms in total. The van der Waals surface area contributed by atoms with E-state index in [4.69, 9.17) is 5.11 Å². The molecule has 0 amide bonds. The zero-order valence-electron chi connectivity index (χ0n) is 9.80. The number of piperazine rings is 1. The molecule has 0 aliphatic carbocycles. The third-order valence-electron chi connectivity index (χ3n) is 2.98. The number of sulfonamides is 1. The average molecular weight is 250 g/mol. The second-order valence-electron chi connectivity index (χ2n) is 4.72. The molecule has 1 fully saturated rings. The number of rotatable bonds is 3. The molecule has 0 bridgehead atoms. The summed E-state index contributed by atoms with van der Waals surface area (Å²) >= 11 is 0. The van der Waals surface area contributed by atoms with Crippen LogP contribution in [-0.4, -0.2) is 66.7 Å². The van der Waals surface area contributed by atoms with Crippen molar-refractivity contribution in [1.82, 2.24) is 9.21 Å². The van der Waals surface area contributed by atoms with E-state index in [-0.39, 0.29) is 5.54 Å². The van der Waals surface area contributed by atoms with E-state index >= 15 is 0 Å². The first-order chi connectivity index (χ1) is 7.15. The SMILES string of the molecule is CN1CCN(S(=O)(=O)CC(=O)O)CC1(C)C. The van der Waals surface area contributed by atoms with Crippen molar-refractivity contribution in [2.45, 2.75) is 19.4 Å². The van der Waals surface area contributed by atoms with Gasteiger partial charge in [-0.25, -0.2) is 8.42 Å². The third-order valence-corrected chi connectivity index (χ3v) is 4.69. The maximum atomic E-state index is 11.7. The predicted molar refractivity (Wildman–Crippen MR) is 59.7 cm³/mol. The predicted octanol–water partition coefficient (Wildman–Crippen LogP) is -0.573. The molecule has 1 N–H and O–H groups in total. The molecular formula is C9H18N2O4S. The number of nitrogens with zero attached hydrogens (tertiary/aromatic N) is 2. The number of carboxylic acids is 1. The Morgan fingerprint density at radius 3 is 2.38 bits per heavy atom. The molecule has 1 aliphatic rings. The van der Waals surface area contributed by atoms with Crippen molar-refractivity contribution in [2.24, 2.45) is 0 Å². The van der Waals surface area contributed by atoms with Crippen molar-refractivity contribution in [3.05, 3.63) is 0 Å². The summed E-state index contributed by atoms with van der Waals surface area (Å²) in [5, 5.41) is 8.55. The molecular weight excluding hydrogens is 232 g/mol. The van der Waals surface area contributed by atoms with Crippen LogP contribution >= 0.6 is 0 Å². The van der Waals surface area contributed by atoms with Gasteiger partial charge >= 0.3 is 5.97 Å². The van der Waals surface area contributed by atoms with Gasteiger partial charge in [0.25, 0.3) is 0 Å². The Morgan fingerprint density at radius 2 is 1.94 bits per heavy atom. The zero-order valence-corrected chi connectivity index (χ0v) is 10.6. The second kappa shape index (κ2) is 4.31. The number of carbonyl (C=O) groups is 1. The maximum Gasteiger partial charge on any atom is 0.320 e. The third kappa shape index (κ3) is 2.93. The van der Waals surface area contributed by atoms with Gasteiger partial charge in [0.1, 0.15) is 0 Å². The molecule has 0 saturated carbocycles. The standard InChI is InChI=1S/C9H18N2O4S/c1-9(2)7-11(5-4-10(9)3)16(14,15)6-8(12)13/h4-7H2,1-3H3,(H,12,13). The van der Waals surface area contributed by atoms with Gasteiger partial charge in [-0.15, -0.1) is 0 Å². The van der Waals surface area contributed by atoms with E-state index in [2.05, 4.69) is 4.90 Å². The van der Waals surface area contributed by atoms with Crippen LogP contribution in [0.1, 0.15) is 13.8 Å². The summed E-state index contributed by atoms with van der Waals surface area (Å²) in [5.74, 6) is -2.14. The van der Waals surface area contributed by atoms with Gasteiger partial charge in [-0.2, -0.15) is 4.31 Å². The minimum atomic E-state index is -3.67. The van der Waals surface area contributed by atoms with Crippen LogP contribution in [0.25, 0.3) is 0 Å². The van der Waals surface area contributed by atoms with Crippen molar-refractivity contribution < 1.29 is 18.3 Å². The minimum Gasteiger partial charge on any atom is -0.480 e. The lowest BCUT2D eigenvalue weighted by Gasteiger charge is -2.44. The van der Waals surface area contributed by atoms with Gasteiger partial charge in [0.2, 0.25) is 10.0 Å². The molecule has 0 unspecified atom stereocenters. The number of aliphatic carboxylic acids is 1. The van der Waals surface area contributed by atoms with Gasteiger partial charge < -0.3 is 5.11 Å². The first-order valence-electron chi connectivity index (χ1n) is 5.06. The fraction of sp³-hybridized carbons (Fsp3) is 0.889. The van der Waals surface area contributed by atoms with Crippen molar-refractivity contribution >= 4 is 16.0 Å². The van der Waals surface area contributed by atoms with Crippen LogP contribution in [0.2, 0.25) is 0 Å². The molecule has 0 radical (unpaired) electrons. The van der Waals surface area contributed by atoms with E-state index in [1.54, 1.807) is 0 Å². The van der Waals surface area contributed by atoms with Gasteiger partial charge in [-0.3, -0.25) is 9.69 Å². The minimum absolute atomic E-state index is 0.260. The van der Waals surface area contributed by atoms with E-state index in [0.717, 1.165) is 0 Å². The van der Waals surface area contributed by atoms with Crippen LogP contribution in [0.3, 0.4) is 0 Å². The van der Waals surface area contributed by atoms with Crippen molar-refractivity contribution in [3.63, 3.8) is 0 Å². The van der Waals surface area contributed by atoms with Crippen LogP contribution < -0.4 is 0 Å². The maximum absolute atomic E-state index is 11.7. The summed E-state index contributed by atoms with van der Waals surface area (Å²) < 4.78 is 24.7. The fourth-order valence-corrected chi connectivity index (χ4v) is 3.05. The lowest BCUT2D eigenvalue weighted by atomic mass is 10.0. The Balaban J connectivity index is 2.80. The molecule has 7 heteroatoms. The smallest absolute Gasteiger partial charge is 0.320 e. The number of likely N-dealkylation sites (N-methyl/N-ethyl adjacent to an activating group) is 1. The van der Waals surface area contributed by atoms with Gasteiger partial charge in [0.15, 0.2) is 5.75 Å². The molecule has 0 aromatic heterocycles. The van der Waals surface area contributed by atoms with Gasteiger partial charge in [-0.05, 0) is 20.9 Å². The number of hydrogen-bond donors (Lipinski definition) is 1. The molecule has 1 aliphatic heterocycles. The quantitative estimate of drug-likeness (QED) is 0.725. The van der Waals surface area contributed by atoms with Crippen LogP contribution in [-0.2, 0) is 14.8 Å². The van der Waals surface area contributed by atoms with E-state index in [9.17, 15) is 13.2 Å². The molecule has 1 saturated heterocycles. The molecule has 0 aromatic rings. The Morgan fingerprint density at radius 1 is 1.38 bits per heavy atom. The van der Waals surface area contributed by atoms with Crippen LogP contribution in [0, 0.1) is 0 Å². The zero-order chi connectivity index (χ0) is 12.6. The lowest BCUT2D eigenvalue weighted by Crippen LogP contribution is -2.59. The van der Waals surface area contributed by atoms with Crippen molar-refractivity contribution in [2.75, 3.05) is 32.4 Å². The van der Waals surface area contributed by atoms with Gasteiger partial charge in [0.05, 0.1) is 0 Å². The number of hydrogen-bond acceptors (Lipinski definition) is 4. The normalized spacial score (nSPS) is 23.2. The highest BCUT2D eigenvalue weighted by Gasteiger charge is 2.37. The average Bonchev–Trinajstić information content (AvgIpc) is 2.07. The molecule has 0 spiro atoms. The Hall–Kier alpha value is -0.660. The highest BCUT2D eigenvalue weighted by Crippen LogP contribution is 2.21. The van der Waals surface area contributed by atoms with E-state index in [1.807, 2.05) is 20.9 Å². The molecule has 16 heavy (non-hydrogen) atoms. The highest BCUT2D eigenvalue weighted by atomic mass is 32.2. The van der Waals surface area contributed by atoms with Crippen molar-refractivity contribution in [1.29, 1.82) is 0 Å². The Labute approximate surface area is 95.9 Å². The summed E-state index contributed by atoms with van der Waals surface area (Å²) in [7, 11) is -1.74. The fourth-order valence-electron chi connectivity index (χ4n) is 1.68. The van der Waals surface area contributed by atoms with E-state index < -0.39 is 21.7 Å². The van der Waals surface area contributed by atoms with Gasteiger partial charge in [0, 0.05) is 25.2 Å².